The van der Waals surface area contributed by atoms with E-state index in [9.17, 15) is 4.79 Å². The molecule has 26 heavy (non-hydrogen) atoms. The summed E-state index contributed by atoms with van der Waals surface area (Å²) in [6, 6.07) is 15.9. The summed E-state index contributed by atoms with van der Waals surface area (Å²) in [5, 5.41) is 8.51. The van der Waals surface area contributed by atoms with Crippen LogP contribution in [0.5, 0.6) is 0 Å². The quantitative estimate of drug-likeness (QED) is 0.683. The van der Waals surface area contributed by atoms with E-state index in [-0.39, 0.29) is 11.2 Å². The van der Waals surface area contributed by atoms with Gasteiger partial charge in [0.2, 0.25) is 5.91 Å². The number of amides is 1. The van der Waals surface area contributed by atoms with Gasteiger partial charge in [-0.2, -0.15) is 5.10 Å². The fourth-order valence-corrected chi connectivity index (χ4v) is 4.47. The number of carbonyl (C=O) groups is 1. The van der Waals surface area contributed by atoms with Crippen LogP contribution in [0.1, 0.15) is 27.6 Å². The third-order valence-electron chi connectivity index (χ3n) is 4.46. The van der Waals surface area contributed by atoms with E-state index in [0.29, 0.717) is 10.8 Å². The average Bonchev–Trinajstić information content (AvgIpc) is 2.83. The predicted octanol–water partition coefficient (Wildman–Crippen LogP) is 4.92. The van der Waals surface area contributed by atoms with Crippen molar-refractivity contribution in [2.75, 3.05) is 11.1 Å². The van der Waals surface area contributed by atoms with Gasteiger partial charge in [-0.1, -0.05) is 41.4 Å². The van der Waals surface area contributed by atoms with Crippen molar-refractivity contribution in [2.24, 2.45) is 0 Å². The van der Waals surface area contributed by atoms with Gasteiger partial charge in [-0.25, -0.2) is 4.68 Å². The van der Waals surface area contributed by atoms with Crippen LogP contribution in [0, 0.1) is 13.8 Å². The number of thioether (sulfide) groups is 1. The number of benzene rings is 2. The van der Waals surface area contributed by atoms with Gasteiger partial charge in [0.25, 0.3) is 0 Å². The number of anilines is 1. The molecule has 0 radical (unpaired) electrons. The molecule has 2 aromatic carbocycles. The number of fused-ring (bicyclic) bond motifs is 1. The summed E-state index contributed by atoms with van der Waals surface area (Å²) in [6.45, 7) is 4.04. The number of hydrogen-bond acceptors (Lipinski definition) is 3. The van der Waals surface area contributed by atoms with E-state index < -0.39 is 0 Å². The second-order valence-electron chi connectivity index (χ2n) is 6.39. The fraction of sp³-hybridized carbons (Fsp3) is 0.200. The maximum Gasteiger partial charge on any atom is 0.235 e. The smallest absolute Gasteiger partial charge is 0.235 e. The van der Waals surface area contributed by atoms with Gasteiger partial charge in [-0.15, -0.1) is 11.8 Å². The highest BCUT2D eigenvalue weighted by atomic mass is 35.5. The molecule has 1 aliphatic rings. The van der Waals surface area contributed by atoms with Crippen molar-refractivity contribution in [3.05, 3.63) is 75.9 Å². The molecule has 132 valence electrons. The van der Waals surface area contributed by atoms with Crippen LogP contribution in [0.15, 0.2) is 48.5 Å². The molecule has 4 nitrogen and oxygen atoms in total. The average molecular weight is 384 g/mol. The van der Waals surface area contributed by atoms with Gasteiger partial charge in [-0.3, -0.25) is 4.79 Å². The minimum atomic E-state index is -0.0130. The molecular weight excluding hydrogens is 366 g/mol. The lowest BCUT2D eigenvalue weighted by molar-refractivity contribution is -0.113. The normalized spacial score (nSPS) is 16.7. The Morgan fingerprint density at radius 2 is 1.81 bits per heavy atom. The van der Waals surface area contributed by atoms with Crippen LogP contribution in [0.2, 0.25) is 5.02 Å². The van der Waals surface area contributed by atoms with Crippen LogP contribution in [-0.2, 0) is 4.79 Å². The molecular formula is C20H18ClN3OS. The van der Waals surface area contributed by atoms with Crippen LogP contribution in [0.3, 0.4) is 0 Å². The highest BCUT2D eigenvalue weighted by Crippen LogP contribution is 2.43. The van der Waals surface area contributed by atoms with Crippen molar-refractivity contribution < 1.29 is 4.79 Å². The Hall–Kier alpha value is -2.24. The Morgan fingerprint density at radius 3 is 2.50 bits per heavy atom. The number of aromatic nitrogens is 2. The Morgan fingerprint density at radius 1 is 1.12 bits per heavy atom. The van der Waals surface area contributed by atoms with E-state index in [1.807, 2.05) is 67.1 Å². The zero-order valence-electron chi connectivity index (χ0n) is 14.5. The van der Waals surface area contributed by atoms with Crippen molar-refractivity contribution >= 4 is 35.1 Å². The predicted molar refractivity (Wildman–Crippen MR) is 107 cm³/mol. The lowest BCUT2D eigenvalue weighted by Gasteiger charge is -2.15. The van der Waals surface area contributed by atoms with Gasteiger partial charge in [0.15, 0.2) is 0 Å². The third-order valence-corrected chi connectivity index (χ3v) is 5.98. The molecule has 2 heterocycles. The minimum absolute atomic E-state index is 0.0130. The highest BCUT2D eigenvalue weighted by Gasteiger charge is 2.30. The Labute approximate surface area is 161 Å². The van der Waals surface area contributed by atoms with Gasteiger partial charge in [0.05, 0.1) is 22.4 Å². The number of aryl methyl sites for hydroxylation is 2. The molecule has 1 N–H and O–H groups in total. The summed E-state index contributed by atoms with van der Waals surface area (Å²) in [7, 11) is 0. The molecule has 0 aliphatic carbocycles. The summed E-state index contributed by atoms with van der Waals surface area (Å²) in [4.78, 5) is 12.3. The lowest BCUT2D eigenvalue weighted by Crippen LogP contribution is -2.15. The fourth-order valence-electron chi connectivity index (χ4n) is 3.16. The molecule has 0 saturated heterocycles. The van der Waals surface area contributed by atoms with Gasteiger partial charge in [-0.05, 0) is 43.7 Å². The minimum Gasteiger partial charge on any atom is -0.310 e. The summed E-state index contributed by atoms with van der Waals surface area (Å²) < 4.78 is 1.83. The monoisotopic (exact) mass is 383 g/mol. The zero-order valence-corrected chi connectivity index (χ0v) is 16.1. The first-order chi connectivity index (χ1) is 12.5. The number of rotatable bonds is 2. The summed E-state index contributed by atoms with van der Waals surface area (Å²) in [5.41, 5.74) is 5.19. The van der Waals surface area contributed by atoms with Crippen LogP contribution in [-0.4, -0.2) is 21.4 Å². The molecule has 0 saturated carbocycles. The van der Waals surface area contributed by atoms with Crippen molar-refractivity contribution in [3.63, 3.8) is 0 Å². The molecule has 3 aromatic rings. The van der Waals surface area contributed by atoms with E-state index >= 15 is 0 Å². The largest absolute Gasteiger partial charge is 0.310 e. The number of carbonyl (C=O) groups excluding carboxylic acids is 1. The number of nitrogens with one attached hydrogen (secondary N) is 1. The van der Waals surface area contributed by atoms with Crippen LogP contribution in [0.4, 0.5) is 5.82 Å². The van der Waals surface area contributed by atoms with E-state index in [2.05, 4.69) is 5.32 Å². The zero-order chi connectivity index (χ0) is 18.3. The molecule has 1 amide bonds. The summed E-state index contributed by atoms with van der Waals surface area (Å²) >= 11 is 7.66. The molecule has 0 bridgehead atoms. The topological polar surface area (TPSA) is 46.9 Å². The summed E-state index contributed by atoms with van der Waals surface area (Å²) in [6.07, 6.45) is 0. The first-order valence-electron chi connectivity index (χ1n) is 8.36. The summed E-state index contributed by atoms with van der Waals surface area (Å²) in [5.74, 6) is 1.14. The van der Waals surface area contributed by atoms with Crippen molar-refractivity contribution in [1.29, 1.82) is 0 Å². The maximum atomic E-state index is 12.3. The molecule has 0 fully saturated rings. The van der Waals surface area contributed by atoms with Crippen molar-refractivity contribution in [2.45, 2.75) is 19.1 Å². The molecule has 1 aromatic heterocycles. The molecule has 6 heteroatoms. The molecule has 0 spiro atoms. The van der Waals surface area contributed by atoms with E-state index in [1.165, 1.54) is 5.56 Å². The third kappa shape index (κ3) is 3.13. The van der Waals surface area contributed by atoms with Gasteiger partial charge in [0.1, 0.15) is 5.82 Å². The first kappa shape index (κ1) is 17.2. The first-order valence-corrected chi connectivity index (χ1v) is 9.79. The standard InChI is InChI=1S/C20H18ClN3OS/c1-12-3-9-16(10-4-12)24-20-18(13(2)23-24)19(26-11-17(25)22-20)14-5-7-15(21)8-6-14/h3-10,19H,11H2,1-2H3,(H,22,25)/t19-/m0/s1. The van der Waals surface area contributed by atoms with Crippen LogP contribution in [0.25, 0.3) is 5.69 Å². The van der Waals surface area contributed by atoms with Crippen molar-refractivity contribution in [1.82, 2.24) is 9.78 Å². The number of halogens is 1. The highest BCUT2D eigenvalue weighted by molar-refractivity contribution is 8.00. The van der Waals surface area contributed by atoms with E-state index in [1.54, 1.807) is 11.8 Å². The molecule has 1 aliphatic heterocycles. The Kier molecular flexibility index (Phi) is 4.51. The SMILES string of the molecule is Cc1ccc(-n2nc(C)c3c2NC(=O)CS[C@H]3c2ccc(Cl)cc2)cc1. The second-order valence-corrected chi connectivity index (χ2v) is 7.92. The molecule has 4 rings (SSSR count). The Bertz CT molecular complexity index is 964. The number of hydrogen-bond donors (Lipinski definition) is 1. The lowest BCUT2D eigenvalue weighted by atomic mass is 10.0. The Balaban J connectivity index is 1.87. The second kappa shape index (κ2) is 6.82. The van der Waals surface area contributed by atoms with Gasteiger partial charge >= 0.3 is 0 Å². The van der Waals surface area contributed by atoms with Crippen LogP contribution >= 0.6 is 23.4 Å². The molecule has 1 atom stereocenters. The van der Waals surface area contributed by atoms with Gasteiger partial charge < -0.3 is 5.32 Å². The van der Waals surface area contributed by atoms with Gasteiger partial charge in [0, 0.05) is 10.6 Å². The van der Waals surface area contributed by atoms with E-state index in [0.717, 1.165) is 28.3 Å². The van der Waals surface area contributed by atoms with Crippen LogP contribution < -0.4 is 5.32 Å². The maximum absolute atomic E-state index is 12.3. The molecule has 0 unspecified atom stereocenters. The number of nitrogens with zero attached hydrogens (tertiary/aromatic N) is 2. The van der Waals surface area contributed by atoms with E-state index in [4.69, 9.17) is 16.7 Å². The van der Waals surface area contributed by atoms with Crippen molar-refractivity contribution in [3.8, 4) is 5.69 Å².